The maximum atomic E-state index is 9.77. The molecule has 1 N–H and O–H groups in total. The van der Waals surface area contributed by atoms with E-state index in [1.165, 1.54) is 18.5 Å². The largest absolute Gasteiger partial charge is 0.393 e. The Kier molecular flexibility index (Phi) is 2.53. The van der Waals surface area contributed by atoms with E-state index in [4.69, 9.17) is 5.26 Å². The Bertz CT molecular complexity index is 434. The highest BCUT2D eigenvalue weighted by Crippen LogP contribution is 2.39. The van der Waals surface area contributed by atoms with E-state index in [1.807, 2.05) is 24.3 Å². The Labute approximate surface area is 101 Å². The van der Waals surface area contributed by atoms with Gasteiger partial charge in [0.2, 0.25) is 0 Å². The zero-order chi connectivity index (χ0) is 11.8. The molecular weight excluding hydrogens is 212 g/mol. The van der Waals surface area contributed by atoms with Gasteiger partial charge in [0.05, 0.1) is 17.7 Å². The number of nitrogens with zero attached hydrogens (tertiary/aromatic N) is 2. The number of fused-ring (bicyclic) bond motifs is 2. The zero-order valence-electron chi connectivity index (χ0n) is 9.71. The second-order valence-electron chi connectivity index (χ2n) is 5.08. The lowest BCUT2D eigenvalue weighted by Gasteiger charge is -2.39. The van der Waals surface area contributed by atoms with Gasteiger partial charge in [-0.2, -0.15) is 5.26 Å². The van der Waals surface area contributed by atoms with Gasteiger partial charge in [-0.1, -0.05) is 0 Å². The maximum Gasteiger partial charge on any atom is 0.0991 e. The van der Waals surface area contributed by atoms with E-state index in [0.717, 1.165) is 12.8 Å². The quantitative estimate of drug-likeness (QED) is 0.800. The number of aliphatic hydroxyl groups is 1. The van der Waals surface area contributed by atoms with Gasteiger partial charge >= 0.3 is 0 Å². The van der Waals surface area contributed by atoms with Crippen molar-refractivity contribution in [1.29, 1.82) is 5.26 Å². The van der Waals surface area contributed by atoms with Crippen LogP contribution in [0.5, 0.6) is 0 Å². The number of aliphatic hydroxyl groups excluding tert-OH is 1. The van der Waals surface area contributed by atoms with E-state index in [0.29, 0.717) is 17.6 Å². The normalized spacial score (nSPS) is 31.3. The topological polar surface area (TPSA) is 47.3 Å². The Hall–Kier alpha value is -1.53. The summed E-state index contributed by atoms with van der Waals surface area (Å²) in [7, 11) is 0. The van der Waals surface area contributed by atoms with Crippen molar-refractivity contribution in [3.8, 4) is 6.07 Å². The van der Waals surface area contributed by atoms with Crippen molar-refractivity contribution in [1.82, 2.24) is 0 Å². The van der Waals surface area contributed by atoms with Crippen LogP contribution in [0.15, 0.2) is 24.3 Å². The van der Waals surface area contributed by atoms with Gasteiger partial charge in [-0.15, -0.1) is 0 Å². The summed E-state index contributed by atoms with van der Waals surface area (Å²) in [6, 6.07) is 10.9. The second-order valence-corrected chi connectivity index (χ2v) is 5.08. The first-order chi connectivity index (χ1) is 8.28. The number of nitriles is 1. The van der Waals surface area contributed by atoms with Gasteiger partial charge in [0.25, 0.3) is 0 Å². The Morgan fingerprint density at radius 2 is 1.71 bits per heavy atom. The number of piperidine rings is 1. The van der Waals surface area contributed by atoms with E-state index in [-0.39, 0.29) is 6.10 Å². The molecule has 0 aromatic heterocycles. The van der Waals surface area contributed by atoms with Crippen LogP contribution < -0.4 is 4.90 Å². The van der Waals surface area contributed by atoms with Gasteiger partial charge in [-0.3, -0.25) is 0 Å². The van der Waals surface area contributed by atoms with Gasteiger partial charge in [0.15, 0.2) is 0 Å². The zero-order valence-corrected chi connectivity index (χ0v) is 9.71. The van der Waals surface area contributed by atoms with Crippen molar-refractivity contribution < 1.29 is 5.11 Å². The van der Waals surface area contributed by atoms with E-state index in [9.17, 15) is 5.11 Å². The third-order valence-electron chi connectivity index (χ3n) is 4.00. The van der Waals surface area contributed by atoms with Crippen LogP contribution >= 0.6 is 0 Å². The summed E-state index contributed by atoms with van der Waals surface area (Å²) in [5.41, 5.74) is 1.90. The van der Waals surface area contributed by atoms with Gasteiger partial charge in [0, 0.05) is 17.8 Å². The minimum absolute atomic E-state index is 0.123. The minimum Gasteiger partial charge on any atom is -0.393 e. The van der Waals surface area contributed by atoms with E-state index in [1.54, 1.807) is 0 Å². The number of anilines is 1. The molecule has 0 saturated carbocycles. The average molecular weight is 228 g/mol. The molecule has 1 aromatic carbocycles. The predicted molar refractivity (Wildman–Crippen MR) is 65.7 cm³/mol. The molecule has 3 rings (SSSR count). The lowest BCUT2D eigenvalue weighted by Crippen LogP contribution is -2.44. The number of rotatable bonds is 1. The molecule has 2 fully saturated rings. The molecule has 2 bridgehead atoms. The summed E-state index contributed by atoms with van der Waals surface area (Å²) in [5.74, 6) is 0. The predicted octanol–water partition coefficient (Wildman–Crippen LogP) is 2.05. The highest BCUT2D eigenvalue weighted by Gasteiger charge is 2.40. The molecule has 2 aliphatic heterocycles. The standard InChI is InChI=1S/C14H16N2O/c15-9-10-1-3-11(4-2-10)16-12-5-6-13(16)8-14(17)7-12/h1-4,12-14,17H,5-8H2/t12-,13+,14+. The third-order valence-corrected chi connectivity index (χ3v) is 4.00. The molecule has 3 atom stereocenters. The first-order valence-corrected chi connectivity index (χ1v) is 6.24. The lowest BCUT2D eigenvalue weighted by atomic mass is 9.99. The van der Waals surface area contributed by atoms with E-state index >= 15 is 0 Å². The SMILES string of the molecule is N#Cc1ccc(N2[C@@H]3CC[C@H]2C[C@@H](O)C3)cc1. The summed E-state index contributed by atoms with van der Waals surface area (Å²) >= 11 is 0. The fourth-order valence-electron chi connectivity index (χ4n) is 3.28. The molecule has 0 spiro atoms. The smallest absolute Gasteiger partial charge is 0.0991 e. The van der Waals surface area contributed by atoms with Crippen molar-refractivity contribution >= 4 is 5.69 Å². The van der Waals surface area contributed by atoms with Crippen LogP contribution in [-0.4, -0.2) is 23.3 Å². The molecule has 0 radical (unpaired) electrons. The maximum absolute atomic E-state index is 9.77. The molecule has 2 heterocycles. The molecule has 0 amide bonds. The Morgan fingerprint density at radius 3 is 2.24 bits per heavy atom. The van der Waals surface area contributed by atoms with Crippen LogP contribution in [0.1, 0.15) is 31.2 Å². The van der Waals surface area contributed by atoms with Crippen LogP contribution in [0, 0.1) is 11.3 Å². The highest BCUT2D eigenvalue weighted by molar-refractivity contribution is 5.53. The monoisotopic (exact) mass is 228 g/mol. The second kappa shape index (κ2) is 4.05. The molecule has 3 heteroatoms. The van der Waals surface area contributed by atoms with Crippen LogP contribution in [0.25, 0.3) is 0 Å². The number of benzene rings is 1. The first kappa shape index (κ1) is 10.6. The molecule has 0 unspecified atom stereocenters. The van der Waals surface area contributed by atoms with Gasteiger partial charge < -0.3 is 10.0 Å². The lowest BCUT2D eigenvalue weighted by molar-refractivity contribution is 0.126. The van der Waals surface area contributed by atoms with E-state index < -0.39 is 0 Å². The van der Waals surface area contributed by atoms with E-state index in [2.05, 4.69) is 11.0 Å². The number of hydrogen-bond donors (Lipinski definition) is 1. The fraction of sp³-hybridized carbons (Fsp3) is 0.500. The molecule has 2 aliphatic rings. The molecule has 88 valence electrons. The fourth-order valence-corrected chi connectivity index (χ4v) is 3.28. The highest BCUT2D eigenvalue weighted by atomic mass is 16.3. The average Bonchev–Trinajstić information content (AvgIpc) is 2.62. The van der Waals surface area contributed by atoms with Crippen LogP contribution in [-0.2, 0) is 0 Å². The first-order valence-electron chi connectivity index (χ1n) is 6.24. The summed E-state index contributed by atoms with van der Waals surface area (Å²) in [5, 5.41) is 18.6. The van der Waals surface area contributed by atoms with Crippen molar-refractivity contribution in [3.63, 3.8) is 0 Å². The minimum atomic E-state index is -0.123. The summed E-state index contributed by atoms with van der Waals surface area (Å²) in [6.07, 6.45) is 4.01. The van der Waals surface area contributed by atoms with Crippen molar-refractivity contribution in [3.05, 3.63) is 29.8 Å². The number of hydrogen-bond acceptors (Lipinski definition) is 3. The Balaban J connectivity index is 1.87. The molecule has 2 saturated heterocycles. The molecule has 17 heavy (non-hydrogen) atoms. The molecule has 3 nitrogen and oxygen atoms in total. The molecule has 1 aromatic rings. The van der Waals surface area contributed by atoms with Gasteiger partial charge in [-0.25, -0.2) is 0 Å². The molecular formula is C14H16N2O. The third kappa shape index (κ3) is 1.79. The van der Waals surface area contributed by atoms with Crippen LogP contribution in [0.2, 0.25) is 0 Å². The van der Waals surface area contributed by atoms with Crippen molar-refractivity contribution in [2.45, 2.75) is 43.9 Å². The van der Waals surface area contributed by atoms with Gasteiger partial charge in [0.1, 0.15) is 0 Å². The van der Waals surface area contributed by atoms with Crippen molar-refractivity contribution in [2.24, 2.45) is 0 Å². The van der Waals surface area contributed by atoms with Gasteiger partial charge in [-0.05, 0) is 49.9 Å². The molecule has 0 aliphatic carbocycles. The summed E-state index contributed by atoms with van der Waals surface area (Å²) in [4.78, 5) is 2.44. The van der Waals surface area contributed by atoms with Crippen molar-refractivity contribution in [2.75, 3.05) is 4.90 Å². The Morgan fingerprint density at radius 1 is 1.12 bits per heavy atom. The summed E-state index contributed by atoms with van der Waals surface area (Å²) in [6.45, 7) is 0. The summed E-state index contributed by atoms with van der Waals surface area (Å²) < 4.78 is 0. The van der Waals surface area contributed by atoms with Crippen LogP contribution in [0.3, 0.4) is 0 Å². The van der Waals surface area contributed by atoms with Crippen LogP contribution in [0.4, 0.5) is 5.69 Å².